The molecule has 1 aliphatic rings. The highest BCUT2D eigenvalue weighted by Crippen LogP contribution is 2.21. The molecule has 0 bridgehead atoms. The fourth-order valence-corrected chi connectivity index (χ4v) is 2.81. The summed E-state index contributed by atoms with van der Waals surface area (Å²) in [7, 11) is 4.34. The minimum Gasteiger partial charge on any atom is -0.309 e. The van der Waals surface area contributed by atoms with Crippen LogP contribution in [0, 0.1) is 5.92 Å². The van der Waals surface area contributed by atoms with Crippen LogP contribution in [0.3, 0.4) is 0 Å². The maximum Gasteiger partial charge on any atom is 0.0233 e. The maximum absolute atomic E-state index is 2.62. The van der Waals surface area contributed by atoms with E-state index in [-0.39, 0.29) is 0 Å². The summed E-state index contributed by atoms with van der Waals surface area (Å²) in [6, 6.07) is 10.9. The normalized spacial score (nSPS) is 21.4. The molecule has 1 heterocycles. The highest BCUT2D eigenvalue weighted by molar-refractivity contribution is 5.14. The minimum absolute atomic E-state index is 0.893. The first-order valence-electron chi connectivity index (χ1n) is 7.15. The monoisotopic (exact) mass is 246 g/mol. The molecule has 100 valence electrons. The second-order valence-electron chi connectivity index (χ2n) is 5.82. The average molecular weight is 246 g/mol. The van der Waals surface area contributed by atoms with Crippen molar-refractivity contribution in [3.05, 3.63) is 35.9 Å². The molecule has 0 radical (unpaired) electrons. The summed E-state index contributed by atoms with van der Waals surface area (Å²) in [6.45, 7) is 4.90. The van der Waals surface area contributed by atoms with Gasteiger partial charge in [-0.05, 0) is 57.9 Å². The molecule has 0 aliphatic carbocycles. The molecule has 1 saturated heterocycles. The summed E-state index contributed by atoms with van der Waals surface area (Å²) >= 11 is 0. The van der Waals surface area contributed by atoms with Crippen LogP contribution in [0.15, 0.2) is 30.3 Å². The van der Waals surface area contributed by atoms with Crippen LogP contribution < -0.4 is 0 Å². The quantitative estimate of drug-likeness (QED) is 0.788. The largest absolute Gasteiger partial charge is 0.309 e. The van der Waals surface area contributed by atoms with Crippen molar-refractivity contribution in [2.45, 2.75) is 25.8 Å². The zero-order chi connectivity index (χ0) is 12.8. The lowest BCUT2D eigenvalue weighted by atomic mass is 9.94. The smallest absolute Gasteiger partial charge is 0.0233 e. The lowest BCUT2D eigenvalue weighted by molar-refractivity contribution is 0.155. The fraction of sp³-hybridized carbons (Fsp3) is 0.625. The third-order valence-electron chi connectivity index (χ3n) is 3.84. The molecule has 2 rings (SSSR count). The van der Waals surface area contributed by atoms with Gasteiger partial charge in [-0.3, -0.25) is 4.90 Å². The molecule has 1 atom stereocenters. The first-order valence-corrected chi connectivity index (χ1v) is 7.15. The van der Waals surface area contributed by atoms with Gasteiger partial charge >= 0.3 is 0 Å². The minimum atomic E-state index is 0.893. The number of piperidine rings is 1. The zero-order valence-electron chi connectivity index (χ0n) is 11.8. The van der Waals surface area contributed by atoms with Gasteiger partial charge in [0.25, 0.3) is 0 Å². The molecule has 1 aromatic carbocycles. The number of benzene rings is 1. The lowest BCUT2D eigenvalue weighted by Crippen LogP contribution is -2.36. The standard InChI is InChI=1S/C16H26N2/c1-17(2)12-10-16-9-6-11-18(14-16)13-15-7-4-3-5-8-15/h3-5,7-8,16H,6,9-14H2,1-2H3/t16-/m1/s1. The molecule has 0 aromatic heterocycles. The predicted octanol–water partition coefficient (Wildman–Crippen LogP) is 2.85. The van der Waals surface area contributed by atoms with Crippen molar-refractivity contribution < 1.29 is 0 Å². The van der Waals surface area contributed by atoms with Crippen LogP contribution in [0.5, 0.6) is 0 Å². The van der Waals surface area contributed by atoms with Crippen molar-refractivity contribution in [1.29, 1.82) is 0 Å². The van der Waals surface area contributed by atoms with Crippen molar-refractivity contribution in [2.24, 2.45) is 5.92 Å². The topological polar surface area (TPSA) is 6.48 Å². The second-order valence-corrected chi connectivity index (χ2v) is 5.82. The highest BCUT2D eigenvalue weighted by Gasteiger charge is 2.19. The molecular formula is C16H26N2. The maximum atomic E-state index is 2.62. The first-order chi connectivity index (χ1) is 8.74. The van der Waals surface area contributed by atoms with E-state index < -0.39 is 0 Å². The summed E-state index contributed by atoms with van der Waals surface area (Å²) in [5, 5.41) is 0. The van der Waals surface area contributed by atoms with Crippen molar-refractivity contribution in [1.82, 2.24) is 9.80 Å². The third-order valence-corrected chi connectivity index (χ3v) is 3.84. The third kappa shape index (κ3) is 4.43. The van der Waals surface area contributed by atoms with Crippen LogP contribution >= 0.6 is 0 Å². The molecule has 1 aliphatic heterocycles. The highest BCUT2D eigenvalue weighted by atomic mass is 15.1. The van der Waals surface area contributed by atoms with Gasteiger partial charge in [0.15, 0.2) is 0 Å². The van der Waals surface area contributed by atoms with E-state index in [2.05, 4.69) is 54.2 Å². The molecule has 1 fully saturated rings. The second kappa shape index (κ2) is 6.91. The summed E-state index contributed by atoms with van der Waals surface area (Å²) in [6.07, 6.45) is 4.13. The van der Waals surface area contributed by atoms with Gasteiger partial charge in [-0.1, -0.05) is 30.3 Å². The molecule has 0 N–H and O–H groups in total. The van der Waals surface area contributed by atoms with Gasteiger partial charge in [-0.15, -0.1) is 0 Å². The molecule has 1 aromatic rings. The van der Waals surface area contributed by atoms with E-state index in [4.69, 9.17) is 0 Å². The molecule has 0 spiro atoms. The number of hydrogen-bond acceptors (Lipinski definition) is 2. The van der Waals surface area contributed by atoms with Crippen LogP contribution in [0.1, 0.15) is 24.8 Å². The van der Waals surface area contributed by atoms with E-state index >= 15 is 0 Å². The molecule has 0 amide bonds. The van der Waals surface area contributed by atoms with Gasteiger partial charge in [-0.2, -0.15) is 0 Å². The summed E-state index contributed by atoms with van der Waals surface area (Å²) in [4.78, 5) is 4.93. The van der Waals surface area contributed by atoms with E-state index in [1.807, 2.05) is 0 Å². The van der Waals surface area contributed by atoms with Crippen molar-refractivity contribution in [2.75, 3.05) is 33.7 Å². The summed E-state index contributed by atoms with van der Waals surface area (Å²) in [5.74, 6) is 0.893. The Hall–Kier alpha value is -0.860. The van der Waals surface area contributed by atoms with E-state index in [1.54, 1.807) is 0 Å². The van der Waals surface area contributed by atoms with Crippen LogP contribution in [0.4, 0.5) is 0 Å². The number of rotatable bonds is 5. The van der Waals surface area contributed by atoms with Crippen LogP contribution in [0.25, 0.3) is 0 Å². The van der Waals surface area contributed by atoms with Gasteiger partial charge < -0.3 is 4.90 Å². The number of hydrogen-bond donors (Lipinski definition) is 0. The average Bonchev–Trinajstić information content (AvgIpc) is 2.38. The lowest BCUT2D eigenvalue weighted by Gasteiger charge is -2.33. The van der Waals surface area contributed by atoms with E-state index in [0.717, 1.165) is 12.5 Å². The van der Waals surface area contributed by atoms with Crippen LogP contribution in [0.2, 0.25) is 0 Å². The summed E-state index contributed by atoms with van der Waals surface area (Å²) in [5.41, 5.74) is 1.45. The van der Waals surface area contributed by atoms with Crippen LogP contribution in [-0.2, 0) is 6.54 Å². The van der Waals surface area contributed by atoms with Gasteiger partial charge in [0.1, 0.15) is 0 Å². The first kappa shape index (κ1) is 13.6. The Balaban J connectivity index is 1.79. The fourth-order valence-electron chi connectivity index (χ4n) is 2.81. The molecular weight excluding hydrogens is 220 g/mol. The Bertz CT molecular complexity index is 334. The van der Waals surface area contributed by atoms with Crippen molar-refractivity contribution >= 4 is 0 Å². The van der Waals surface area contributed by atoms with E-state index in [9.17, 15) is 0 Å². The van der Waals surface area contributed by atoms with Gasteiger partial charge in [-0.25, -0.2) is 0 Å². The Morgan fingerprint density at radius 3 is 2.72 bits per heavy atom. The van der Waals surface area contributed by atoms with Crippen molar-refractivity contribution in [3.63, 3.8) is 0 Å². The Morgan fingerprint density at radius 1 is 1.22 bits per heavy atom. The zero-order valence-corrected chi connectivity index (χ0v) is 11.8. The molecule has 0 unspecified atom stereocenters. The van der Waals surface area contributed by atoms with Crippen molar-refractivity contribution in [3.8, 4) is 0 Å². The number of nitrogens with zero attached hydrogens (tertiary/aromatic N) is 2. The Labute approximate surface area is 112 Å². The van der Waals surface area contributed by atoms with E-state index in [0.29, 0.717) is 0 Å². The predicted molar refractivity (Wildman–Crippen MR) is 77.6 cm³/mol. The molecule has 18 heavy (non-hydrogen) atoms. The Kier molecular flexibility index (Phi) is 5.21. The van der Waals surface area contributed by atoms with Crippen LogP contribution in [-0.4, -0.2) is 43.5 Å². The molecule has 2 nitrogen and oxygen atoms in total. The van der Waals surface area contributed by atoms with Gasteiger partial charge in [0.05, 0.1) is 0 Å². The van der Waals surface area contributed by atoms with Gasteiger partial charge in [0, 0.05) is 13.1 Å². The summed E-state index contributed by atoms with van der Waals surface area (Å²) < 4.78 is 0. The number of likely N-dealkylation sites (tertiary alicyclic amines) is 1. The molecule has 0 saturated carbocycles. The van der Waals surface area contributed by atoms with E-state index in [1.165, 1.54) is 44.5 Å². The SMILES string of the molecule is CN(C)CC[C@H]1CCCN(Cc2ccccc2)C1. The van der Waals surface area contributed by atoms with Gasteiger partial charge in [0.2, 0.25) is 0 Å². The molecule has 2 heteroatoms. The Morgan fingerprint density at radius 2 is 2.00 bits per heavy atom.